The average molecular weight is 217 g/mol. The van der Waals surface area contributed by atoms with Gasteiger partial charge in [-0.25, -0.2) is 4.21 Å². The molecule has 3 aliphatic carbocycles. The van der Waals surface area contributed by atoms with E-state index in [1.165, 1.54) is 7.11 Å². The van der Waals surface area contributed by atoms with Crippen LogP contribution in [0.5, 0.6) is 0 Å². The Labute approximate surface area is 84.0 Å². The standard InChI is InChI=1S/C9H15NO3S/c1-13-8(11)2-3-14(10,12)9-4-7(5-9)6-9/h7,10H,2-6H2,1H3. The van der Waals surface area contributed by atoms with Crippen molar-refractivity contribution in [3.63, 3.8) is 0 Å². The van der Waals surface area contributed by atoms with Crippen molar-refractivity contribution in [2.75, 3.05) is 12.9 Å². The largest absolute Gasteiger partial charge is 0.469 e. The van der Waals surface area contributed by atoms with Gasteiger partial charge in [-0.05, 0) is 25.2 Å². The Bertz CT molecular complexity index is 343. The van der Waals surface area contributed by atoms with Crippen molar-refractivity contribution < 1.29 is 13.7 Å². The van der Waals surface area contributed by atoms with Gasteiger partial charge in [-0.15, -0.1) is 0 Å². The molecular formula is C9H15NO3S. The lowest BCUT2D eigenvalue weighted by Crippen LogP contribution is -2.63. The van der Waals surface area contributed by atoms with E-state index in [4.69, 9.17) is 4.78 Å². The molecule has 0 radical (unpaired) electrons. The second-order valence-electron chi connectivity index (χ2n) is 4.37. The Hall–Kier alpha value is -0.580. The quantitative estimate of drug-likeness (QED) is 0.718. The molecule has 0 aliphatic heterocycles. The maximum Gasteiger partial charge on any atom is 0.306 e. The van der Waals surface area contributed by atoms with Gasteiger partial charge in [-0.3, -0.25) is 9.57 Å². The molecule has 0 aromatic heterocycles. The van der Waals surface area contributed by atoms with Crippen LogP contribution in [0.1, 0.15) is 25.7 Å². The number of nitrogens with one attached hydrogen (secondary N) is 1. The number of carbonyl (C=O) groups is 1. The van der Waals surface area contributed by atoms with Gasteiger partial charge in [0.25, 0.3) is 0 Å². The Balaban J connectivity index is 1.93. The van der Waals surface area contributed by atoms with Gasteiger partial charge in [-0.2, -0.15) is 0 Å². The molecule has 3 saturated carbocycles. The third-order valence-corrected chi connectivity index (χ3v) is 6.18. The molecular weight excluding hydrogens is 202 g/mol. The van der Waals surface area contributed by atoms with Crippen LogP contribution in [0.2, 0.25) is 0 Å². The number of hydrogen-bond donors (Lipinski definition) is 1. The zero-order valence-corrected chi connectivity index (χ0v) is 9.06. The smallest absolute Gasteiger partial charge is 0.306 e. The van der Waals surface area contributed by atoms with E-state index in [-0.39, 0.29) is 22.9 Å². The molecule has 3 rings (SSSR count). The predicted molar refractivity (Wildman–Crippen MR) is 52.4 cm³/mol. The van der Waals surface area contributed by atoms with E-state index in [0.29, 0.717) is 0 Å². The minimum atomic E-state index is -2.56. The molecule has 3 aliphatic rings. The summed E-state index contributed by atoms with van der Waals surface area (Å²) in [5.74, 6) is 0.530. The van der Waals surface area contributed by atoms with E-state index in [1.54, 1.807) is 0 Å². The highest BCUT2D eigenvalue weighted by atomic mass is 32.2. The lowest BCUT2D eigenvalue weighted by atomic mass is 9.55. The molecule has 1 unspecified atom stereocenters. The number of esters is 1. The molecule has 4 nitrogen and oxygen atoms in total. The second-order valence-corrected chi connectivity index (χ2v) is 6.99. The van der Waals surface area contributed by atoms with Gasteiger partial charge in [0.1, 0.15) is 0 Å². The fourth-order valence-electron chi connectivity index (χ4n) is 2.35. The van der Waals surface area contributed by atoms with Gasteiger partial charge in [0.05, 0.1) is 28.0 Å². The third kappa shape index (κ3) is 1.26. The topological polar surface area (TPSA) is 67.2 Å². The first-order valence-corrected chi connectivity index (χ1v) is 6.55. The Morgan fingerprint density at radius 2 is 2.14 bits per heavy atom. The summed E-state index contributed by atoms with van der Waals surface area (Å²) in [6, 6.07) is 0. The van der Waals surface area contributed by atoms with Crippen LogP contribution < -0.4 is 0 Å². The van der Waals surface area contributed by atoms with Crippen LogP contribution in [0.3, 0.4) is 0 Å². The third-order valence-electron chi connectivity index (χ3n) is 3.50. The molecule has 0 heterocycles. The summed E-state index contributed by atoms with van der Waals surface area (Å²) in [7, 11) is -1.25. The van der Waals surface area contributed by atoms with Crippen molar-refractivity contribution in [3.8, 4) is 0 Å². The normalized spacial score (nSPS) is 37.6. The monoisotopic (exact) mass is 217 g/mol. The summed E-state index contributed by atoms with van der Waals surface area (Å²) in [6.45, 7) is 0. The lowest BCUT2D eigenvalue weighted by molar-refractivity contribution is -0.140. The molecule has 3 fully saturated rings. The lowest BCUT2D eigenvalue weighted by Gasteiger charge is -2.61. The van der Waals surface area contributed by atoms with Crippen molar-refractivity contribution in [2.24, 2.45) is 5.92 Å². The fourth-order valence-corrected chi connectivity index (χ4v) is 4.75. The highest BCUT2D eigenvalue weighted by Crippen LogP contribution is 2.62. The maximum atomic E-state index is 12.0. The zero-order valence-electron chi connectivity index (χ0n) is 8.25. The summed E-state index contributed by atoms with van der Waals surface area (Å²) < 4.78 is 24.1. The van der Waals surface area contributed by atoms with Crippen molar-refractivity contribution in [1.82, 2.24) is 0 Å². The molecule has 14 heavy (non-hydrogen) atoms. The van der Waals surface area contributed by atoms with Crippen LogP contribution >= 0.6 is 0 Å². The van der Waals surface area contributed by atoms with Gasteiger partial charge in [-0.1, -0.05) is 0 Å². The van der Waals surface area contributed by atoms with E-state index in [1.807, 2.05) is 0 Å². The van der Waals surface area contributed by atoms with Crippen LogP contribution in [0.15, 0.2) is 0 Å². The molecule has 2 bridgehead atoms. The number of ether oxygens (including phenoxy) is 1. The number of hydrogen-bond acceptors (Lipinski definition) is 4. The predicted octanol–water partition coefficient (Wildman–Crippen LogP) is 1.15. The van der Waals surface area contributed by atoms with Crippen molar-refractivity contribution >= 4 is 15.7 Å². The van der Waals surface area contributed by atoms with E-state index >= 15 is 0 Å². The van der Waals surface area contributed by atoms with Gasteiger partial charge >= 0.3 is 5.97 Å². The molecule has 1 atom stereocenters. The maximum absolute atomic E-state index is 12.0. The van der Waals surface area contributed by atoms with E-state index in [0.717, 1.165) is 25.2 Å². The van der Waals surface area contributed by atoms with Gasteiger partial charge in [0.2, 0.25) is 0 Å². The SMILES string of the molecule is COC(=O)CCS(=N)(=O)C12CC(C1)C2. The Kier molecular flexibility index (Phi) is 2.10. The van der Waals surface area contributed by atoms with Gasteiger partial charge in [0.15, 0.2) is 0 Å². The van der Waals surface area contributed by atoms with E-state index in [2.05, 4.69) is 4.74 Å². The Morgan fingerprint density at radius 1 is 1.57 bits per heavy atom. The first-order chi connectivity index (χ1) is 6.49. The molecule has 1 N–H and O–H groups in total. The van der Waals surface area contributed by atoms with Crippen LogP contribution in [-0.2, 0) is 19.3 Å². The summed E-state index contributed by atoms with van der Waals surface area (Å²) in [6.07, 6.45) is 2.94. The minimum Gasteiger partial charge on any atom is -0.469 e. The highest BCUT2D eigenvalue weighted by Gasteiger charge is 2.62. The van der Waals surface area contributed by atoms with Crippen molar-refractivity contribution in [3.05, 3.63) is 0 Å². The van der Waals surface area contributed by atoms with Crippen LogP contribution in [0.25, 0.3) is 0 Å². The van der Waals surface area contributed by atoms with Crippen LogP contribution in [-0.4, -0.2) is 27.8 Å². The van der Waals surface area contributed by atoms with Gasteiger partial charge in [0, 0.05) is 5.75 Å². The molecule has 0 amide bonds. The summed E-state index contributed by atoms with van der Waals surface area (Å²) >= 11 is 0. The van der Waals surface area contributed by atoms with Gasteiger partial charge < -0.3 is 4.74 Å². The zero-order chi connectivity index (χ0) is 10.4. The fraction of sp³-hybridized carbons (Fsp3) is 0.889. The molecule has 0 aromatic carbocycles. The summed E-state index contributed by atoms with van der Waals surface area (Å²) in [4.78, 5) is 10.9. The number of rotatable bonds is 4. The van der Waals surface area contributed by atoms with Crippen LogP contribution in [0.4, 0.5) is 0 Å². The molecule has 0 saturated heterocycles. The molecule has 80 valence electrons. The van der Waals surface area contributed by atoms with E-state index in [9.17, 15) is 9.00 Å². The minimum absolute atomic E-state index is 0.116. The first-order valence-electron chi connectivity index (χ1n) is 4.82. The second kappa shape index (κ2) is 2.95. The molecule has 5 heteroatoms. The van der Waals surface area contributed by atoms with Crippen LogP contribution in [0, 0.1) is 10.7 Å². The summed E-state index contributed by atoms with van der Waals surface area (Å²) in [5, 5.41) is 0. The Morgan fingerprint density at radius 3 is 2.50 bits per heavy atom. The number of carbonyl (C=O) groups excluding carboxylic acids is 1. The first kappa shape index (κ1) is 9.96. The van der Waals surface area contributed by atoms with E-state index < -0.39 is 9.73 Å². The summed E-state index contributed by atoms with van der Waals surface area (Å²) in [5.41, 5.74) is 0. The molecule has 0 aromatic rings. The average Bonchev–Trinajstić information content (AvgIpc) is 1.93. The van der Waals surface area contributed by atoms with Crippen molar-refractivity contribution in [2.45, 2.75) is 30.4 Å². The molecule has 0 spiro atoms. The van der Waals surface area contributed by atoms with Crippen molar-refractivity contribution in [1.29, 1.82) is 4.78 Å². The highest BCUT2D eigenvalue weighted by molar-refractivity contribution is 7.94. The number of methoxy groups -OCH3 is 1.